The van der Waals surface area contributed by atoms with Crippen LogP contribution >= 0.6 is 11.3 Å². The fourth-order valence-electron chi connectivity index (χ4n) is 2.76. The maximum absolute atomic E-state index is 12.4. The van der Waals surface area contributed by atoms with Gasteiger partial charge in [0.1, 0.15) is 0 Å². The van der Waals surface area contributed by atoms with E-state index in [2.05, 4.69) is 10.6 Å². The lowest BCUT2D eigenvalue weighted by atomic mass is 10.0. The van der Waals surface area contributed by atoms with Crippen molar-refractivity contribution in [2.24, 2.45) is 5.92 Å². The van der Waals surface area contributed by atoms with E-state index < -0.39 is 0 Å². The van der Waals surface area contributed by atoms with Crippen molar-refractivity contribution >= 4 is 17.2 Å². The van der Waals surface area contributed by atoms with E-state index >= 15 is 0 Å². The summed E-state index contributed by atoms with van der Waals surface area (Å²) in [6.45, 7) is 2.96. The molecule has 3 nitrogen and oxygen atoms in total. The molecular weight excluding hydrogens is 280 g/mol. The predicted molar refractivity (Wildman–Crippen MR) is 87.7 cm³/mol. The molecule has 1 aliphatic heterocycles. The average Bonchev–Trinajstić information content (AvgIpc) is 3.19. The molecule has 1 amide bonds. The average molecular weight is 300 g/mol. The molecule has 1 aromatic carbocycles. The Kier molecular flexibility index (Phi) is 4.68. The van der Waals surface area contributed by atoms with Crippen LogP contribution in [-0.2, 0) is 0 Å². The Balaban J connectivity index is 1.61. The molecule has 0 saturated carbocycles. The largest absolute Gasteiger partial charge is 0.351 e. The van der Waals surface area contributed by atoms with Gasteiger partial charge in [-0.15, -0.1) is 11.3 Å². The smallest absolute Gasteiger partial charge is 0.261 e. The number of carbonyl (C=O) groups is 1. The summed E-state index contributed by atoms with van der Waals surface area (Å²) < 4.78 is 0. The van der Waals surface area contributed by atoms with Crippen LogP contribution in [0.2, 0.25) is 0 Å². The summed E-state index contributed by atoms with van der Waals surface area (Å²) in [6, 6.07) is 12.1. The highest BCUT2D eigenvalue weighted by Crippen LogP contribution is 2.28. The first kappa shape index (κ1) is 14.3. The summed E-state index contributed by atoms with van der Waals surface area (Å²) in [4.78, 5) is 13.2. The van der Waals surface area contributed by atoms with Crippen LogP contribution in [-0.4, -0.2) is 25.5 Å². The van der Waals surface area contributed by atoms with E-state index in [9.17, 15) is 4.79 Å². The number of rotatable bonds is 5. The molecule has 1 saturated heterocycles. The van der Waals surface area contributed by atoms with Gasteiger partial charge in [0, 0.05) is 12.1 Å². The highest BCUT2D eigenvalue weighted by atomic mass is 32.1. The minimum absolute atomic E-state index is 0.0507. The Labute approximate surface area is 129 Å². The molecule has 0 radical (unpaired) electrons. The number of hydrogen-bond donors (Lipinski definition) is 2. The second kappa shape index (κ2) is 6.87. The number of amides is 1. The standard InChI is InChI=1S/C17H20N2OS/c20-17(19-10-7-13-6-9-18-12-13)16-15(8-11-21-16)14-4-2-1-3-5-14/h1-5,8,11,13,18H,6-7,9-10,12H2,(H,19,20). The van der Waals surface area contributed by atoms with E-state index in [0.29, 0.717) is 5.92 Å². The summed E-state index contributed by atoms with van der Waals surface area (Å²) in [5.41, 5.74) is 2.13. The molecule has 1 aliphatic rings. The third-order valence-corrected chi connectivity index (χ3v) is 4.87. The van der Waals surface area contributed by atoms with Crippen molar-refractivity contribution < 1.29 is 4.79 Å². The van der Waals surface area contributed by atoms with Crippen molar-refractivity contribution in [1.82, 2.24) is 10.6 Å². The first-order valence-electron chi connectivity index (χ1n) is 7.46. The van der Waals surface area contributed by atoms with Gasteiger partial charge in [0.15, 0.2) is 0 Å². The van der Waals surface area contributed by atoms with Crippen LogP contribution in [0.4, 0.5) is 0 Å². The molecule has 1 fully saturated rings. The molecular formula is C17H20N2OS. The topological polar surface area (TPSA) is 41.1 Å². The van der Waals surface area contributed by atoms with Gasteiger partial charge in [0.2, 0.25) is 0 Å². The summed E-state index contributed by atoms with van der Waals surface area (Å²) in [5.74, 6) is 0.761. The van der Waals surface area contributed by atoms with Crippen LogP contribution in [0, 0.1) is 5.92 Å². The van der Waals surface area contributed by atoms with Crippen LogP contribution in [0.3, 0.4) is 0 Å². The number of carbonyl (C=O) groups excluding carboxylic acids is 1. The second-order valence-corrected chi connectivity index (χ2v) is 6.35. The molecule has 0 aliphatic carbocycles. The van der Waals surface area contributed by atoms with Gasteiger partial charge >= 0.3 is 0 Å². The summed E-state index contributed by atoms with van der Waals surface area (Å²) >= 11 is 1.51. The first-order chi connectivity index (χ1) is 10.3. The molecule has 0 spiro atoms. The van der Waals surface area contributed by atoms with Gasteiger partial charge in [0.05, 0.1) is 4.88 Å². The maximum Gasteiger partial charge on any atom is 0.261 e. The number of benzene rings is 1. The van der Waals surface area contributed by atoms with E-state index in [1.807, 2.05) is 41.8 Å². The van der Waals surface area contributed by atoms with E-state index in [4.69, 9.17) is 0 Å². The second-order valence-electron chi connectivity index (χ2n) is 5.43. The van der Waals surface area contributed by atoms with Crippen molar-refractivity contribution in [1.29, 1.82) is 0 Å². The Morgan fingerprint density at radius 3 is 2.90 bits per heavy atom. The van der Waals surface area contributed by atoms with E-state index in [-0.39, 0.29) is 5.91 Å². The molecule has 21 heavy (non-hydrogen) atoms. The zero-order valence-electron chi connectivity index (χ0n) is 12.0. The van der Waals surface area contributed by atoms with Crippen LogP contribution in [0.15, 0.2) is 41.8 Å². The molecule has 0 bridgehead atoms. The SMILES string of the molecule is O=C(NCCC1CCNC1)c1sccc1-c1ccccc1. The van der Waals surface area contributed by atoms with Gasteiger partial charge in [-0.25, -0.2) is 0 Å². The highest BCUT2D eigenvalue weighted by molar-refractivity contribution is 7.12. The van der Waals surface area contributed by atoms with Crippen molar-refractivity contribution in [2.75, 3.05) is 19.6 Å². The molecule has 4 heteroatoms. The van der Waals surface area contributed by atoms with E-state index in [1.165, 1.54) is 17.8 Å². The lowest BCUT2D eigenvalue weighted by molar-refractivity contribution is 0.0956. The van der Waals surface area contributed by atoms with Gasteiger partial charge in [-0.1, -0.05) is 30.3 Å². The zero-order chi connectivity index (χ0) is 14.5. The van der Waals surface area contributed by atoms with Gasteiger partial charge in [-0.2, -0.15) is 0 Å². The molecule has 1 aromatic heterocycles. The maximum atomic E-state index is 12.4. The lowest BCUT2D eigenvalue weighted by Gasteiger charge is -2.09. The van der Waals surface area contributed by atoms with Gasteiger partial charge in [-0.3, -0.25) is 4.79 Å². The molecule has 3 rings (SSSR count). The Morgan fingerprint density at radius 2 is 2.14 bits per heavy atom. The first-order valence-corrected chi connectivity index (χ1v) is 8.34. The Bertz CT molecular complexity index is 588. The van der Waals surface area contributed by atoms with Crippen molar-refractivity contribution in [3.05, 3.63) is 46.7 Å². The normalized spacial score (nSPS) is 17.8. The minimum atomic E-state index is 0.0507. The predicted octanol–water partition coefficient (Wildman–Crippen LogP) is 3.14. The summed E-state index contributed by atoms with van der Waals surface area (Å²) in [7, 11) is 0. The van der Waals surface area contributed by atoms with Crippen LogP contribution in [0.1, 0.15) is 22.5 Å². The Hall–Kier alpha value is -1.65. The zero-order valence-corrected chi connectivity index (χ0v) is 12.8. The molecule has 2 N–H and O–H groups in total. The van der Waals surface area contributed by atoms with Gasteiger partial charge < -0.3 is 10.6 Å². The molecule has 1 atom stereocenters. The number of nitrogens with one attached hydrogen (secondary N) is 2. The van der Waals surface area contributed by atoms with Crippen molar-refractivity contribution in [2.45, 2.75) is 12.8 Å². The highest BCUT2D eigenvalue weighted by Gasteiger charge is 2.16. The lowest BCUT2D eigenvalue weighted by Crippen LogP contribution is -2.26. The number of thiophene rings is 1. The Morgan fingerprint density at radius 1 is 1.29 bits per heavy atom. The van der Waals surface area contributed by atoms with Gasteiger partial charge in [-0.05, 0) is 48.9 Å². The van der Waals surface area contributed by atoms with Crippen LogP contribution in [0.25, 0.3) is 11.1 Å². The van der Waals surface area contributed by atoms with E-state index in [0.717, 1.165) is 42.1 Å². The monoisotopic (exact) mass is 300 g/mol. The minimum Gasteiger partial charge on any atom is -0.351 e. The van der Waals surface area contributed by atoms with Gasteiger partial charge in [0.25, 0.3) is 5.91 Å². The molecule has 2 heterocycles. The third kappa shape index (κ3) is 3.52. The molecule has 2 aromatic rings. The van der Waals surface area contributed by atoms with Crippen LogP contribution < -0.4 is 10.6 Å². The quantitative estimate of drug-likeness (QED) is 0.890. The van der Waals surface area contributed by atoms with Crippen LogP contribution in [0.5, 0.6) is 0 Å². The number of hydrogen-bond acceptors (Lipinski definition) is 3. The third-order valence-electron chi connectivity index (χ3n) is 3.96. The fourth-order valence-corrected chi connectivity index (χ4v) is 3.59. The van der Waals surface area contributed by atoms with E-state index in [1.54, 1.807) is 0 Å². The summed E-state index contributed by atoms with van der Waals surface area (Å²) in [6.07, 6.45) is 2.29. The molecule has 110 valence electrons. The van der Waals surface area contributed by atoms with Crippen molar-refractivity contribution in [3.8, 4) is 11.1 Å². The fraction of sp³-hybridized carbons (Fsp3) is 0.353. The molecule has 1 unspecified atom stereocenters. The summed E-state index contributed by atoms with van der Waals surface area (Å²) in [5, 5.41) is 8.41. The van der Waals surface area contributed by atoms with Crippen molar-refractivity contribution in [3.63, 3.8) is 0 Å².